The molecule has 0 bridgehead atoms. The van der Waals surface area contributed by atoms with Crippen molar-refractivity contribution in [3.05, 3.63) is 34.9 Å². The molecule has 0 saturated heterocycles. The lowest BCUT2D eigenvalue weighted by Crippen LogP contribution is -2.55. The number of rotatable bonds is 1. The van der Waals surface area contributed by atoms with Crippen LogP contribution in [0.25, 0.3) is 0 Å². The normalized spacial score (nSPS) is 35.0. The van der Waals surface area contributed by atoms with Gasteiger partial charge in [0.1, 0.15) is 17.6 Å². The van der Waals surface area contributed by atoms with Gasteiger partial charge in [-0.15, -0.1) is 0 Å². The Labute approximate surface area is 151 Å². The molecule has 26 heavy (non-hydrogen) atoms. The van der Waals surface area contributed by atoms with Crippen LogP contribution in [0.1, 0.15) is 33.6 Å². The molecule has 132 valence electrons. The summed E-state index contributed by atoms with van der Waals surface area (Å²) in [6.07, 6.45) is 4.62. The zero-order valence-electron chi connectivity index (χ0n) is 14.8. The number of aliphatic carboxylic acids is 1. The van der Waals surface area contributed by atoms with Gasteiger partial charge in [0.25, 0.3) is 0 Å². The number of carbonyl (C=O) groups is 3. The van der Waals surface area contributed by atoms with E-state index in [-0.39, 0.29) is 29.3 Å². The topological polar surface area (TPSA) is 119 Å². The molecule has 1 saturated carbocycles. The zero-order chi connectivity index (χ0) is 19.5. The highest BCUT2D eigenvalue weighted by molar-refractivity contribution is 6.11. The van der Waals surface area contributed by atoms with Crippen molar-refractivity contribution in [3.8, 4) is 12.1 Å². The second-order valence-electron chi connectivity index (χ2n) is 7.96. The molecular weight excluding hydrogens is 332 g/mol. The van der Waals surface area contributed by atoms with Crippen molar-refractivity contribution in [3.63, 3.8) is 0 Å². The lowest BCUT2D eigenvalue weighted by molar-refractivity contribution is -0.148. The molecule has 3 atom stereocenters. The van der Waals surface area contributed by atoms with E-state index in [0.717, 1.165) is 0 Å². The molecule has 0 heterocycles. The maximum absolute atomic E-state index is 12.7. The van der Waals surface area contributed by atoms with Crippen LogP contribution < -0.4 is 0 Å². The van der Waals surface area contributed by atoms with Crippen LogP contribution in [-0.4, -0.2) is 22.6 Å². The minimum Gasteiger partial charge on any atom is -0.480 e. The summed E-state index contributed by atoms with van der Waals surface area (Å²) in [4.78, 5) is 37.2. The molecule has 6 heteroatoms. The summed E-state index contributed by atoms with van der Waals surface area (Å²) in [6.45, 7) is 5.31. The van der Waals surface area contributed by atoms with Crippen LogP contribution in [0, 0.1) is 44.8 Å². The first-order valence-corrected chi connectivity index (χ1v) is 8.35. The third-order valence-corrected chi connectivity index (χ3v) is 6.31. The van der Waals surface area contributed by atoms with Gasteiger partial charge in [-0.3, -0.25) is 14.4 Å². The van der Waals surface area contributed by atoms with E-state index >= 15 is 0 Å². The van der Waals surface area contributed by atoms with Crippen LogP contribution in [0.5, 0.6) is 0 Å². The highest BCUT2D eigenvalue weighted by atomic mass is 16.4. The largest absolute Gasteiger partial charge is 0.480 e. The van der Waals surface area contributed by atoms with E-state index in [1.54, 1.807) is 26.8 Å². The van der Waals surface area contributed by atoms with E-state index in [0.29, 0.717) is 12.0 Å². The van der Waals surface area contributed by atoms with Gasteiger partial charge in [0.05, 0.1) is 11.1 Å². The van der Waals surface area contributed by atoms with Crippen molar-refractivity contribution in [2.24, 2.45) is 22.2 Å². The standard InChI is InChI=1S/C20H18N2O4/c1-18(2)14-4-5-20(17(25)26)8-11(9-21)13(23)6-15(20)19(14,3)7-12(10-22)16(18)24/h6-8,14H,4-5H2,1-3H3,(H,25,26)/t14-,19-,20+/m0/s1. The van der Waals surface area contributed by atoms with Crippen LogP contribution in [-0.2, 0) is 14.4 Å². The van der Waals surface area contributed by atoms with Crippen LogP contribution in [0.15, 0.2) is 34.9 Å². The highest BCUT2D eigenvalue weighted by Gasteiger charge is 2.62. The average Bonchev–Trinajstić information content (AvgIpc) is 2.58. The quantitative estimate of drug-likeness (QED) is 0.776. The summed E-state index contributed by atoms with van der Waals surface area (Å²) in [5, 5.41) is 28.6. The molecule has 6 nitrogen and oxygen atoms in total. The van der Waals surface area contributed by atoms with E-state index < -0.39 is 28.0 Å². The highest BCUT2D eigenvalue weighted by Crippen LogP contribution is 2.63. The Balaban J connectivity index is 2.33. The molecule has 0 aromatic carbocycles. The average molecular weight is 350 g/mol. The van der Waals surface area contributed by atoms with Crippen LogP contribution >= 0.6 is 0 Å². The second-order valence-corrected chi connectivity index (χ2v) is 7.96. The number of ketones is 2. The number of nitriles is 2. The SMILES string of the molecule is CC1(C)C(=O)C(C#N)=C[C@]2(C)C3=CC(=O)C(C#N)=C[C@]3(C(=O)O)CC[C@@H]12. The van der Waals surface area contributed by atoms with Gasteiger partial charge in [-0.05, 0) is 36.5 Å². The van der Waals surface area contributed by atoms with Gasteiger partial charge in [0, 0.05) is 10.8 Å². The molecule has 0 radical (unpaired) electrons. The van der Waals surface area contributed by atoms with Crippen molar-refractivity contribution >= 4 is 17.5 Å². The van der Waals surface area contributed by atoms with E-state index in [9.17, 15) is 30.0 Å². The van der Waals surface area contributed by atoms with Gasteiger partial charge in [0.15, 0.2) is 11.6 Å². The predicted molar refractivity (Wildman–Crippen MR) is 90.2 cm³/mol. The molecule has 0 aromatic heterocycles. The first-order valence-electron chi connectivity index (χ1n) is 8.35. The predicted octanol–water partition coefficient (Wildman–Crippen LogP) is 2.49. The fourth-order valence-corrected chi connectivity index (χ4v) is 5.05. The Hall–Kier alpha value is -2.99. The molecule has 0 aliphatic heterocycles. The van der Waals surface area contributed by atoms with Gasteiger partial charge in [-0.25, -0.2) is 0 Å². The third-order valence-electron chi connectivity index (χ3n) is 6.31. The molecule has 1 N–H and O–H groups in total. The summed E-state index contributed by atoms with van der Waals surface area (Å²) in [5.41, 5.74) is -3.12. The van der Waals surface area contributed by atoms with Crippen LogP contribution in [0.2, 0.25) is 0 Å². The van der Waals surface area contributed by atoms with E-state index in [2.05, 4.69) is 0 Å². The Morgan fingerprint density at radius 1 is 1.15 bits per heavy atom. The van der Waals surface area contributed by atoms with Crippen molar-refractivity contribution in [2.45, 2.75) is 33.6 Å². The number of Topliss-reactive ketones (excluding diaryl/α,β-unsaturated/α-hetero) is 1. The lowest BCUT2D eigenvalue weighted by atomic mass is 9.45. The minimum absolute atomic E-state index is 0.0154. The molecule has 3 rings (SSSR count). The molecule has 0 unspecified atom stereocenters. The maximum atomic E-state index is 12.7. The first kappa shape index (κ1) is 17.8. The fourth-order valence-electron chi connectivity index (χ4n) is 5.05. The van der Waals surface area contributed by atoms with Gasteiger partial charge in [0.2, 0.25) is 0 Å². The molecule has 0 aromatic rings. The Morgan fingerprint density at radius 3 is 2.31 bits per heavy atom. The molecule has 3 aliphatic carbocycles. The van der Waals surface area contributed by atoms with Gasteiger partial charge in [-0.2, -0.15) is 10.5 Å². The molecule has 0 amide bonds. The van der Waals surface area contributed by atoms with Crippen molar-refractivity contribution in [1.29, 1.82) is 10.5 Å². The number of hydrogen-bond acceptors (Lipinski definition) is 5. The number of hydrogen-bond donors (Lipinski definition) is 1. The summed E-state index contributed by atoms with van der Waals surface area (Å²) in [6, 6.07) is 3.70. The third kappa shape index (κ3) is 1.99. The number of carboxylic acids is 1. The number of carboxylic acid groups (broad SMARTS) is 1. The van der Waals surface area contributed by atoms with Crippen molar-refractivity contribution < 1.29 is 19.5 Å². The monoisotopic (exact) mass is 350 g/mol. The number of nitrogens with zero attached hydrogens (tertiary/aromatic N) is 2. The Bertz CT molecular complexity index is 938. The molecule has 1 fully saturated rings. The number of allylic oxidation sites excluding steroid dienone is 4. The maximum Gasteiger partial charge on any atom is 0.317 e. The van der Waals surface area contributed by atoms with Crippen LogP contribution in [0.3, 0.4) is 0 Å². The second kappa shape index (κ2) is 5.25. The Morgan fingerprint density at radius 2 is 1.77 bits per heavy atom. The Kier molecular flexibility index (Phi) is 3.60. The summed E-state index contributed by atoms with van der Waals surface area (Å²) in [7, 11) is 0. The summed E-state index contributed by atoms with van der Waals surface area (Å²) >= 11 is 0. The molecule has 3 aliphatic rings. The van der Waals surface area contributed by atoms with Gasteiger partial charge < -0.3 is 5.11 Å². The van der Waals surface area contributed by atoms with Crippen LogP contribution in [0.4, 0.5) is 0 Å². The smallest absolute Gasteiger partial charge is 0.317 e. The van der Waals surface area contributed by atoms with Crippen molar-refractivity contribution in [1.82, 2.24) is 0 Å². The lowest BCUT2D eigenvalue weighted by Gasteiger charge is -2.56. The fraction of sp³-hybridized carbons (Fsp3) is 0.450. The molecular formula is C20H18N2O4. The van der Waals surface area contributed by atoms with Gasteiger partial charge in [-0.1, -0.05) is 26.8 Å². The van der Waals surface area contributed by atoms with E-state index in [1.165, 1.54) is 18.2 Å². The summed E-state index contributed by atoms with van der Waals surface area (Å²) < 4.78 is 0. The van der Waals surface area contributed by atoms with Gasteiger partial charge >= 0.3 is 5.97 Å². The first-order chi connectivity index (χ1) is 12.0. The summed E-state index contributed by atoms with van der Waals surface area (Å²) in [5.74, 6) is -2.18. The van der Waals surface area contributed by atoms with E-state index in [1.807, 2.05) is 6.07 Å². The number of fused-ring (bicyclic) bond motifs is 3. The minimum atomic E-state index is -1.47. The zero-order valence-corrected chi connectivity index (χ0v) is 14.8. The van der Waals surface area contributed by atoms with Crippen molar-refractivity contribution in [2.75, 3.05) is 0 Å². The molecule has 0 spiro atoms. The number of carbonyl (C=O) groups excluding carboxylic acids is 2. The van der Waals surface area contributed by atoms with E-state index in [4.69, 9.17) is 0 Å².